The molecule has 2 atom stereocenters. The Morgan fingerprint density at radius 2 is 1.52 bits per heavy atom. The van der Waals surface area contributed by atoms with Crippen LogP contribution >= 0.6 is 0 Å². The maximum atomic E-state index is 14.7. The highest BCUT2D eigenvalue weighted by Crippen LogP contribution is 2.37. The van der Waals surface area contributed by atoms with Gasteiger partial charge in [-0.15, -0.1) is 0 Å². The van der Waals surface area contributed by atoms with E-state index < -0.39 is 5.92 Å². The van der Waals surface area contributed by atoms with Crippen LogP contribution in [-0.2, 0) is 5.92 Å². The van der Waals surface area contributed by atoms with Crippen molar-refractivity contribution in [2.45, 2.75) is 31.9 Å². The molecule has 0 radical (unpaired) electrons. The van der Waals surface area contributed by atoms with Crippen molar-refractivity contribution in [2.75, 3.05) is 4.90 Å². The van der Waals surface area contributed by atoms with Gasteiger partial charge in [0.1, 0.15) is 5.69 Å². The first-order valence-electron chi connectivity index (χ1n) is 8.82. The minimum absolute atomic E-state index is 0.0156. The Hall–Kier alpha value is -3.02. The molecule has 1 aliphatic rings. The van der Waals surface area contributed by atoms with Crippen molar-refractivity contribution in [3.05, 3.63) is 83.7 Å². The average molecular weight is 367 g/mol. The number of alkyl halides is 2. The number of amides is 1. The summed E-state index contributed by atoms with van der Waals surface area (Å²) in [6, 6.07) is 15.2. The van der Waals surface area contributed by atoms with Gasteiger partial charge < -0.3 is 4.90 Å². The fourth-order valence-corrected chi connectivity index (χ4v) is 3.53. The van der Waals surface area contributed by atoms with Gasteiger partial charge in [-0.2, -0.15) is 13.9 Å². The van der Waals surface area contributed by atoms with E-state index in [-0.39, 0.29) is 29.1 Å². The van der Waals surface area contributed by atoms with Gasteiger partial charge in [0, 0.05) is 23.0 Å². The Balaban J connectivity index is 1.68. The maximum absolute atomic E-state index is 14.7. The van der Waals surface area contributed by atoms with Gasteiger partial charge in [-0.25, -0.2) is 0 Å². The molecule has 0 unspecified atom stereocenters. The summed E-state index contributed by atoms with van der Waals surface area (Å²) < 4.78 is 31.2. The molecule has 138 valence electrons. The molecule has 2 aromatic carbocycles. The van der Waals surface area contributed by atoms with E-state index in [2.05, 4.69) is 5.10 Å². The van der Waals surface area contributed by atoms with Gasteiger partial charge in [0.25, 0.3) is 11.8 Å². The molecule has 1 amide bonds. The average Bonchev–Trinajstić information content (AvgIpc) is 3.18. The van der Waals surface area contributed by atoms with Crippen molar-refractivity contribution in [1.82, 2.24) is 9.78 Å². The van der Waals surface area contributed by atoms with Gasteiger partial charge in [0.15, 0.2) is 0 Å². The third-order valence-electron chi connectivity index (χ3n) is 5.24. The predicted octanol–water partition coefficient (Wildman–Crippen LogP) is 4.63. The van der Waals surface area contributed by atoms with E-state index in [0.717, 1.165) is 0 Å². The lowest BCUT2D eigenvalue weighted by Gasteiger charge is -2.38. The Morgan fingerprint density at radius 1 is 0.889 bits per heavy atom. The summed E-state index contributed by atoms with van der Waals surface area (Å²) in [5, 5.41) is 4.22. The van der Waals surface area contributed by atoms with Gasteiger partial charge in [-0.1, -0.05) is 42.5 Å². The largest absolute Gasteiger partial charge is 0.302 e. The fraction of sp³-hybridized carbons (Fsp3) is 0.238. The minimum atomic E-state index is -3.09. The van der Waals surface area contributed by atoms with Crippen LogP contribution in [0.25, 0.3) is 0 Å². The second kappa shape index (κ2) is 6.30. The van der Waals surface area contributed by atoms with Gasteiger partial charge >= 0.3 is 0 Å². The molecule has 0 saturated heterocycles. The molecular formula is C21H19F2N3O. The molecule has 0 fully saturated rings. The molecule has 3 aromatic rings. The number of hydrogen-bond acceptors (Lipinski definition) is 2. The van der Waals surface area contributed by atoms with Crippen molar-refractivity contribution in [3.63, 3.8) is 0 Å². The highest BCUT2D eigenvalue weighted by molar-refractivity contribution is 6.06. The normalized spacial score (nSPS) is 19.9. The summed E-state index contributed by atoms with van der Waals surface area (Å²) in [6.07, 6.45) is 1.60. The van der Waals surface area contributed by atoms with Crippen LogP contribution in [0.3, 0.4) is 0 Å². The summed E-state index contributed by atoms with van der Waals surface area (Å²) in [5.41, 5.74) is 0.934. The first-order valence-corrected chi connectivity index (χ1v) is 8.82. The van der Waals surface area contributed by atoms with E-state index in [4.69, 9.17) is 0 Å². The van der Waals surface area contributed by atoms with Crippen LogP contribution in [0.2, 0.25) is 0 Å². The Morgan fingerprint density at radius 3 is 2.19 bits per heavy atom. The molecule has 0 spiro atoms. The second-order valence-electron chi connectivity index (χ2n) is 6.80. The van der Waals surface area contributed by atoms with Crippen molar-refractivity contribution in [1.29, 1.82) is 0 Å². The lowest BCUT2D eigenvalue weighted by molar-refractivity contribution is 0.0428. The third-order valence-corrected chi connectivity index (χ3v) is 5.24. The van der Waals surface area contributed by atoms with Crippen LogP contribution in [0.15, 0.2) is 66.9 Å². The fourth-order valence-electron chi connectivity index (χ4n) is 3.53. The third kappa shape index (κ3) is 2.72. The Bertz CT molecular complexity index is 967. The lowest BCUT2D eigenvalue weighted by Crippen LogP contribution is -2.49. The second-order valence-corrected chi connectivity index (χ2v) is 6.80. The summed E-state index contributed by atoms with van der Waals surface area (Å²) >= 11 is 0. The molecule has 27 heavy (non-hydrogen) atoms. The molecule has 2 heterocycles. The van der Waals surface area contributed by atoms with Crippen molar-refractivity contribution < 1.29 is 13.6 Å². The number of nitrogens with zero attached hydrogens (tertiary/aromatic N) is 3. The Kier molecular flexibility index (Phi) is 4.06. The highest BCUT2D eigenvalue weighted by Gasteiger charge is 2.37. The van der Waals surface area contributed by atoms with Gasteiger partial charge in [-0.3, -0.25) is 9.48 Å². The molecular weight excluding hydrogens is 348 g/mol. The standard InChI is InChI=1S/C21H19F2N3O/c1-14-15(2)26-19(12-13-24-26)20(27)25(14)18-10-8-17(9-11-18)21(22,23)16-6-4-3-5-7-16/h3-15H,1-2H3/t14-,15-/m0/s1. The van der Waals surface area contributed by atoms with E-state index in [1.54, 1.807) is 52.2 Å². The van der Waals surface area contributed by atoms with Crippen molar-refractivity contribution in [2.24, 2.45) is 0 Å². The number of rotatable bonds is 3. The quantitative estimate of drug-likeness (QED) is 0.677. The molecule has 0 bridgehead atoms. The van der Waals surface area contributed by atoms with Crippen LogP contribution in [0, 0.1) is 0 Å². The molecule has 4 rings (SSSR count). The van der Waals surface area contributed by atoms with E-state index in [0.29, 0.717) is 11.4 Å². The number of anilines is 1. The smallest absolute Gasteiger partial charge is 0.298 e. The van der Waals surface area contributed by atoms with E-state index >= 15 is 0 Å². The summed E-state index contributed by atoms with van der Waals surface area (Å²) in [4.78, 5) is 14.5. The molecule has 4 nitrogen and oxygen atoms in total. The summed E-state index contributed by atoms with van der Waals surface area (Å²) in [7, 11) is 0. The number of carbonyl (C=O) groups excluding carboxylic acids is 1. The Labute approximate surface area is 156 Å². The number of aromatic nitrogens is 2. The number of benzene rings is 2. The van der Waals surface area contributed by atoms with Crippen molar-refractivity contribution >= 4 is 11.6 Å². The molecule has 1 aromatic heterocycles. The highest BCUT2D eigenvalue weighted by atomic mass is 19.3. The molecule has 0 N–H and O–H groups in total. The van der Waals surface area contributed by atoms with E-state index in [1.165, 1.54) is 24.3 Å². The van der Waals surface area contributed by atoms with Crippen LogP contribution < -0.4 is 4.90 Å². The van der Waals surface area contributed by atoms with Gasteiger partial charge in [-0.05, 0) is 32.0 Å². The van der Waals surface area contributed by atoms with Crippen LogP contribution in [-0.4, -0.2) is 21.7 Å². The number of hydrogen-bond donors (Lipinski definition) is 0. The molecule has 0 aliphatic carbocycles. The maximum Gasteiger partial charge on any atom is 0.298 e. The van der Waals surface area contributed by atoms with Crippen molar-refractivity contribution in [3.8, 4) is 0 Å². The summed E-state index contributed by atoms with van der Waals surface area (Å²) in [6.45, 7) is 3.91. The number of carbonyl (C=O) groups is 1. The van der Waals surface area contributed by atoms with Gasteiger partial charge in [0.05, 0.1) is 12.1 Å². The van der Waals surface area contributed by atoms with E-state index in [9.17, 15) is 13.6 Å². The first-order chi connectivity index (χ1) is 12.9. The van der Waals surface area contributed by atoms with Crippen LogP contribution in [0.4, 0.5) is 14.5 Å². The monoisotopic (exact) mass is 367 g/mol. The zero-order valence-corrected chi connectivity index (χ0v) is 15.0. The predicted molar refractivity (Wildman–Crippen MR) is 99.1 cm³/mol. The van der Waals surface area contributed by atoms with E-state index in [1.807, 2.05) is 13.8 Å². The van der Waals surface area contributed by atoms with Crippen LogP contribution in [0.1, 0.15) is 41.5 Å². The molecule has 1 aliphatic heterocycles. The topological polar surface area (TPSA) is 38.1 Å². The zero-order valence-electron chi connectivity index (χ0n) is 15.0. The molecule has 6 heteroatoms. The number of fused-ring (bicyclic) bond motifs is 1. The first kappa shape index (κ1) is 17.4. The lowest BCUT2D eigenvalue weighted by atomic mass is 9.99. The zero-order chi connectivity index (χ0) is 19.2. The number of halogens is 2. The van der Waals surface area contributed by atoms with Crippen LogP contribution in [0.5, 0.6) is 0 Å². The summed E-state index contributed by atoms with van der Waals surface area (Å²) in [5.74, 6) is -3.27. The SMILES string of the molecule is C[C@H]1[C@H](C)n2nccc2C(=O)N1c1ccc(C(F)(F)c2ccccc2)cc1. The minimum Gasteiger partial charge on any atom is -0.302 e. The van der Waals surface area contributed by atoms with Gasteiger partial charge in [0.2, 0.25) is 0 Å². The molecule has 0 saturated carbocycles.